The van der Waals surface area contributed by atoms with Crippen LogP contribution in [0.3, 0.4) is 0 Å². The Morgan fingerprint density at radius 1 is 0.878 bits per heavy atom. The number of methoxy groups -OCH3 is 1. The predicted octanol–water partition coefficient (Wildman–Crippen LogP) is 5.18. The number of aryl methyl sites for hydroxylation is 1. The Hall–Kier alpha value is -3.85. The van der Waals surface area contributed by atoms with Crippen LogP contribution in [-0.2, 0) is 32.6 Å². The summed E-state index contributed by atoms with van der Waals surface area (Å²) >= 11 is 0. The van der Waals surface area contributed by atoms with Crippen molar-refractivity contribution in [1.29, 1.82) is 0 Å². The van der Waals surface area contributed by atoms with Gasteiger partial charge in [-0.05, 0) is 81.1 Å². The molecule has 0 aliphatic heterocycles. The number of hydrogen-bond acceptors (Lipinski definition) is 5. The number of sulfonamides is 1. The summed E-state index contributed by atoms with van der Waals surface area (Å²) < 4.78 is 34.2. The maximum absolute atomic E-state index is 14.1. The van der Waals surface area contributed by atoms with E-state index >= 15 is 0 Å². The minimum Gasteiger partial charge on any atom is -0.497 e. The summed E-state index contributed by atoms with van der Waals surface area (Å²) in [5, 5.41) is 2.98. The van der Waals surface area contributed by atoms with Crippen LogP contribution in [0, 0.1) is 0 Å². The van der Waals surface area contributed by atoms with Crippen LogP contribution in [0.1, 0.15) is 52.2 Å². The van der Waals surface area contributed by atoms with Gasteiger partial charge in [-0.1, -0.05) is 56.3 Å². The van der Waals surface area contributed by atoms with Gasteiger partial charge in [0.05, 0.1) is 17.7 Å². The normalized spacial score (nSPS) is 12.3. The summed E-state index contributed by atoms with van der Waals surface area (Å²) in [4.78, 5) is 29.1. The number of benzene rings is 3. The van der Waals surface area contributed by atoms with Gasteiger partial charge in [0.25, 0.3) is 10.0 Å². The van der Waals surface area contributed by atoms with Crippen LogP contribution < -0.4 is 14.4 Å². The molecule has 8 nitrogen and oxygen atoms in total. The van der Waals surface area contributed by atoms with E-state index in [1.54, 1.807) is 49.6 Å². The van der Waals surface area contributed by atoms with Crippen LogP contribution in [0.5, 0.6) is 5.75 Å². The molecule has 0 radical (unpaired) electrons. The molecule has 220 valence electrons. The topological polar surface area (TPSA) is 96.0 Å². The highest BCUT2D eigenvalue weighted by Crippen LogP contribution is 2.26. The van der Waals surface area contributed by atoms with E-state index in [-0.39, 0.29) is 17.3 Å². The third-order valence-electron chi connectivity index (χ3n) is 6.64. The molecule has 0 spiro atoms. The van der Waals surface area contributed by atoms with Gasteiger partial charge in [0.15, 0.2) is 0 Å². The third kappa shape index (κ3) is 8.33. The van der Waals surface area contributed by atoms with Gasteiger partial charge in [-0.25, -0.2) is 8.42 Å². The van der Waals surface area contributed by atoms with E-state index in [4.69, 9.17) is 4.74 Å². The zero-order chi connectivity index (χ0) is 30.2. The minimum absolute atomic E-state index is 0.0755. The molecule has 2 amide bonds. The lowest BCUT2D eigenvalue weighted by Crippen LogP contribution is -2.55. The summed E-state index contributed by atoms with van der Waals surface area (Å²) in [5.74, 6) is -0.123. The maximum Gasteiger partial charge on any atom is 0.264 e. The molecule has 0 unspecified atom stereocenters. The van der Waals surface area contributed by atoms with Gasteiger partial charge >= 0.3 is 0 Å². The molecule has 0 saturated carbocycles. The van der Waals surface area contributed by atoms with Crippen LogP contribution in [0.2, 0.25) is 0 Å². The van der Waals surface area contributed by atoms with Crippen molar-refractivity contribution in [3.63, 3.8) is 0 Å². The Morgan fingerprint density at radius 3 is 1.98 bits per heavy atom. The van der Waals surface area contributed by atoms with Crippen molar-refractivity contribution in [2.45, 2.75) is 70.5 Å². The Morgan fingerprint density at radius 2 is 1.46 bits per heavy atom. The van der Waals surface area contributed by atoms with Crippen molar-refractivity contribution < 1.29 is 22.7 Å². The van der Waals surface area contributed by atoms with Crippen LogP contribution in [-0.4, -0.2) is 50.4 Å². The molecule has 0 heterocycles. The molecule has 41 heavy (non-hydrogen) atoms. The van der Waals surface area contributed by atoms with Gasteiger partial charge in [-0.2, -0.15) is 0 Å². The average molecular weight is 580 g/mol. The summed E-state index contributed by atoms with van der Waals surface area (Å²) in [6.07, 6.45) is 1.14. The van der Waals surface area contributed by atoms with Crippen LogP contribution in [0.4, 0.5) is 5.69 Å². The van der Waals surface area contributed by atoms with E-state index in [0.717, 1.165) is 21.9 Å². The fourth-order valence-corrected chi connectivity index (χ4v) is 5.88. The number of carbonyl (C=O) groups is 2. The molecule has 3 aromatic carbocycles. The first kappa shape index (κ1) is 31.7. The maximum atomic E-state index is 14.1. The molecule has 0 saturated heterocycles. The SMILES string of the molecule is CCc1ccc(N(CC(=O)N(Cc2ccc(OC)cc2)[C@H](CC)C(=O)NC(C)(C)C)S(=O)(=O)c2ccccc2)cc1. The highest BCUT2D eigenvalue weighted by molar-refractivity contribution is 7.92. The van der Waals surface area contributed by atoms with Crippen molar-refractivity contribution in [2.75, 3.05) is 18.0 Å². The van der Waals surface area contributed by atoms with Crippen molar-refractivity contribution in [3.8, 4) is 5.75 Å². The summed E-state index contributed by atoms with van der Waals surface area (Å²) in [7, 11) is -2.52. The highest BCUT2D eigenvalue weighted by atomic mass is 32.2. The van der Waals surface area contributed by atoms with Crippen molar-refractivity contribution in [1.82, 2.24) is 10.2 Å². The summed E-state index contributed by atoms with van der Waals surface area (Å²) in [6.45, 7) is 9.12. The van der Waals surface area contributed by atoms with E-state index in [1.807, 2.05) is 58.9 Å². The molecular weight excluding hydrogens is 538 g/mol. The van der Waals surface area contributed by atoms with Crippen LogP contribution in [0.15, 0.2) is 83.8 Å². The highest BCUT2D eigenvalue weighted by Gasteiger charge is 2.34. The second-order valence-electron chi connectivity index (χ2n) is 10.9. The van der Waals surface area contributed by atoms with Gasteiger partial charge in [0, 0.05) is 12.1 Å². The van der Waals surface area contributed by atoms with Gasteiger partial charge in [0.2, 0.25) is 11.8 Å². The molecule has 0 bridgehead atoms. The monoisotopic (exact) mass is 579 g/mol. The molecule has 0 aromatic heterocycles. The van der Waals surface area contributed by atoms with E-state index < -0.39 is 34.1 Å². The zero-order valence-electron chi connectivity index (χ0n) is 24.8. The second-order valence-corrected chi connectivity index (χ2v) is 12.7. The summed E-state index contributed by atoms with van der Waals surface area (Å²) in [5.41, 5.74) is 1.69. The summed E-state index contributed by atoms with van der Waals surface area (Å²) in [6, 6.07) is 21.6. The first-order chi connectivity index (χ1) is 19.4. The van der Waals surface area contributed by atoms with E-state index in [1.165, 1.54) is 17.0 Å². The van der Waals surface area contributed by atoms with Gasteiger partial charge < -0.3 is 15.0 Å². The molecule has 9 heteroatoms. The lowest BCUT2D eigenvalue weighted by atomic mass is 10.1. The smallest absolute Gasteiger partial charge is 0.264 e. The lowest BCUT2D eigenvalue weighted by molar-refractivity contribution is -0.141. The Bertz CT molecular complexity index is 1400. The van der Waals surface area contributed by atoms with Crippen molar-refractivity contribution in [2.24, 2.45) is 0 Å². The number of ether oxygens (including phenoxy) is 1. The third-order valence-corrected chi connectivity index (χ3v) is 8.43. The molecule has 1 N–H and O–H groups in total. The molecule has 0 fully saturated rings. The number of rotatable bonds is 12. The lowest BCUT2D eigenvalue weighted by Gasteiger charge is -2.34. The fourth-order valence-electron chi connectivity index (χ4n) is 4.45. The van der Waals surface area contributed by atoms with Crippen LogP contribution in [0.25, 0.3) is 0 Å². The van der Waals surface area contributed by atoms with E-state index in [0.29, 0.717) is 17.9 Å². The number of anilines is 1. The van der Waals surface area contributed by atoms with Gasteiger partial charge in [-0.15, -0.1) is 0 Å². The van der Waals surface area contributed by atoms with Crippen molar-refractivity contribution >= 4 is 27.5 Å². The number of nitrogens with zero attached hydrogens (tertiary/aromatic N) is 2. The number of hydrogen-bond donors (Lipinski definition) is 1. The quantitative estimate of drug-likeness (QED) is 0.319. The predicted molar refractivity (Wildman–Crippen MR) is 162 cm³/mol. The number of nitrogens with one attached hydrogen (secondary N) is 1. The molecular formula is C32H41N3O5S. The van der Waals surface area contributed by atoms with Gasteiger partial charge in [-0.3, -0.25) is 13.9 Å². The number of carbonyl (C=O) groups excluding carboxylic acids is 2. The second kappa shape index (κ2) is 13.7. The van der Waals surface area contributed by atoms with E-state index in [2.05, 4.69) is 5.32 Å². The van der Waals surface area contributed by atoms with Gasteiger partial charge in [0.1, 0.15) is 18.3 Å². The first-order valence-corrected chi connectivity index (χ1v) is 15.2. The van der Waals surface area contributed by atoms with E-state index in [9.17, 15) is 18.0 Å². The number of amides is 2. The average Bonchev–Trinajstić information content (AvgIpc) is 2.95. The molecule has 1 atom stereocenters. The Labute approximate surface area is 244 Å². The van der Waals surface area contributed by atoms with Crippen LogP contribution >= 0.6 is 0 Å². The standard InChI is InChI=1S/C32H41N3O5S/c1-7-24-14-18-26(19-15-24)35(41(38,39)28-12-10-9-11-13-28)23-30(36)34(22-25-16-20-27(40-6)21-17-25)29(8-2)31(37)33-32(3,4)5/h9-21,29H,7-8,22-23H2,1-6H3,(H,33,37)/t29-/m1/s1. The fraction of sp³-hybridized carbons (Fsp3) is 0.375. The largest absolute Gasteiger partial charge is 0.497 e. The molecule has 3 rings (SSSR count). The minimum atomic E-state index is -4.10. The zero-order valence-corrected chi connectivity index (χ0v) is 25.6. The van der Waals surface area contributed by atoms with Crippen molar-refractivity contribution in [3.05, 3.63) is 90.0 Å². The molecule has 0 aliphatic carbocycles. The molecule has 3 aromatic rings. The Kier molecular flexibility index (Phi) is 10.6. The molecule has 0 aliphatic rings. The first-order valence-electron chi connectivity index (χ1n) is 13.8. The Balaban J connectivity index is 2.06.